The predicted molar refractivity (Wildman–Crippen MR) is 189 cm³/mol. The van der Waals surface area contributed by atoms with Gasteiger partial charge in [-0.2, -0.15) is 0 Å². The van der Waals surface area contributed by atoms with Crippen molar-refractivity contribution in [2.24, 2.45) is 4.99 Å². The van der Waals surface area contributed by atoms with Gasteiger partial charge < -0.3 is 25.6 Å². The Balaban J connectivity index is 1.86. The molecule has 0 atom stereocenters. The molecule has 0 radical (unpaired) electrons. The van der Waals surface area contributed by atoms with Crippen LogP contribution in [0.2, 0.25) is 0 Å². The standard InChI is InChI=1S/C35H52N6O10/c1-35(2,50)29(43)28-17-15-27(16-18-28)25-51-31(46)38-21-11-5-8-14-24-41-33(48)39(22-12-6-3-9-19-36-26-42)32(47)40(34(41)49)23-13-7-4-10-20-37-30(44)45/h15-18,37,50H,3-14,19-25H2,1-2H3,(H,38,46)(H,44,45). The molecule has 16 heteroatoms. The number of Topliss-reactive ketones (excluding diaryl/α,β-unsaturated/α-hetero) is 1. The average Bonchev–Trinajstić information content (AvgIpc) is 3.09. The zero-order chi connectivity index (χ0) is 37.6. The quantitative estimate of drug-likeness (QED) is 0.0508. The van der Waals surface area contributed by atoms with Crippen molar-refractivity contribution in [3.05, 3.63) is 66.8 Å². The summed E-state index contributed by atoms with van der Waals surface area (Å²) in [6.07, 6.45) is 7.60. The number of benzene rings is 1. The third kappa shape index (κ3) is 15.7. The van der Waals surface area contributed by atoms with E-state index in [0.717, 1.165) is 20.1 Å². The summed E-state index contributed by atoms with van der Waals surface area (Å²) in [5.74, 6) is -0.406. The number of carbonyl (C=O) groups is 3. The summed E-state index contributed by atoms with van der Waals surface area (Å²) in [5, 5.41) is 23.5. The number of rotatable bonds is 25. The Morgan fingerprint density at radius 2 is 1.18 bits per heavy atom. The second-order valence-electron chi connectivity index (χ2n) is 12.8. The summed E-state index contributed by atoms with van der Waals surface area (Å²) in [5.41, 5.74) is -2.38. The van der Waals surface area contributed by atoms with Crippen molar-refractivity contribution in [2.45, 2.75) is 123 Å². The molecule has 16 nitrogen and oxygen atoms in total. The molecule has 51 heavy (non-hydrogen) atoms. The molecule has 1 heterocycles. The van der Waals surface area contributed by atoms with E-state index in [9.17, 15) is 38.7 Å². The van der Waals surface area contributed by atoms with E-state index in [4.69, 9.17) is 9.84 Å². The molecule has 0 saturated carbocycles. The highest BCUT2D eigenvalue weighted by molar-refractivity contribution is 6.01. The van der Waals surface area contributed by atoms with Crippen molar-refractivity contribution in [1.29, 1.82) is 0 Å². The number of aromatic nitrogens is 3. The van der Waals surface area contributed by atoms with Gasteiger partial charge in [-0.3, -0.25) is 4.79 Å². The molecule has 4 N–H and O–H groups in total. The van der Waals surface area contributed by atoms with Crippen molar-refractivity contribution in [3.63, 3.8) is 0 Å². The maximum absolute atomic E-state index is 13.3. The highest BCUT2D eigenvalue weighted by Crippen LogP contribution is 2.14. The highest BCUT2D eigenvalue weighted by Gasteiger charge is 2.25. The van der Waals surface area contributed by atoms with Gasteiger partial charge in [-0.25, -0.2) is 47.5 Å². The number of ether oxygens (including phenoxy) is 1. The number of amides is 2. The molecule has 0 aliphatic rings. The Morgan fingerprint density at radius 1 is 0.725 bits per heavy atom. The predicted octanol–water partition coefficient (Wildman–Crippen LogP) is 3.34. The summed E-state index contributed by atoms with van der Waals surface area (Å²) < 4.78 is 8.56. The zero-order valence-corrected chi connectivity index (χ0v) is 29.7. The van der Waals surface area contributed by atoms with Gasteiger partial charge in [-0.05, 0) is 57.9 Å². The molecule has 0 aliphatic carbocycles. The van der Waals surface area contributed by atoms with E-state index in [0.29, 0.717) is 101 Å². The molecule has 0 aliphatic heterocycles. The van der Waals surface area contributed by atoms with Crippen LogP contribution in [0, 0.1) is 0 Å². The first-order chi connectivity index (χ1) is 24.4. The first-order valence-electron chi connectivity index (χ1n) is 17.6. The van der Waals surface area contributed by atoms with Crippen LogP contribution in [-0.2, 0) is 35.8 Å². The number of isocyanates is 1. The molecule has 0 saturated heterocycles. The number of aliphatic hydroxyl groups is 1. The second kappa shape index (κ2) is 22.8. The minimum absolute atomic E-state index is 0.0119. The highest BCUT2D eigenvalue weighted by atomic mass is 16.5. The molecule has 2 amide bonds. The molecule has 1 aromatic heterocycles. The van der Waals surface area contributed by atoms with Gasteiger partial charge in [0.25, 0.3) is 0 Å². The number of alkyl carbamates (subject to hydrolysis) is 1. The lowest BCUT2D eigenvalue weighted by atomic mass is 9.96. The topological polar surface area (TPSA) is 220 Å². The molecule has 2 rings (SSSR count). The van der Waals surface area contributed by atoms with E-state index in [2.05, 4.69) is 15.6 Å². The Labute approximate surface area is 296 Å². The van der Waals surface area contributed by atoms with Crippen LogP contribution >= 0.6 is 0 Å². The van der Waals surface area contributed by atoms with Gasteiger partial charge in [0, 0.05) is 38.3 Å². The van der Waals surface area contributed by atoms with Crippen molar-refractivity contribution in [2.75, 3.05) is 19.6 Å². The summed E-state index contributed by atoms with van der Waals surface area (Å²) in [6, 6.07) is 6.44. The van der Waals surface area contributed by atoms with E-state index in [1.54, 1.807) is 24.3 Å². The summed E-state index contributed by atoms with van der Waals surface area (Å²) in [7, 11) is 0. The van der Waals surface area contributed by atoms with Gasteiger partial charge in [-0.15, -0.1) is 0 Å². The van der Waals surface area contributed by atoms with Crippen molar-refractivity contribution in [1.82, 2.24) is 24.3 Å². The van der Waals surface area contributed by atoms with Gasteiger partial charge in [0.05, 0.1) is 6.54 Å². The summed E-state index contributed by atoms with van der Waals surface area (Å²) in [4.78, 5) is 88.4. The van der Waals surface area contributed by atoms with E-state index in [1.807, 2.05) is 0 Å². The lowest BCUT2D eigenvalue weighted by Crippen LogP contribution is -2.54. The third-order valence-electron chi connectivity index (χ3n) is 8.16. The summed E-state index contributed by atoms with van der Waals surface area (Å²) >= 11 is 0. The van der Waals surface area contributed by atoms with Gasteiger partial charge in [-0.1, -0.05) is 62.8 Å². The van der Waals surface area contributed by atoms with E-state index in [-0.39, 0.29) is 26.2 Å². The fourth-order valence-electron chi connectivity index (χ4n) is 5.30. The van der Waals surface area contributed by atoms with E-state index in [1.165, 1.54) is 19.9 Å². The first kappa shape index (κ1) is 42.3. The van der Waals surface area contributed by atoms with Gasteiger partial charge in [0.15, 0.2) is 5.78 Å². The van der Waals surface area contributed by atoms with Crippen LogP contribution in [0.4, 0.5) is 9.59 Å². The number of carbonyl (C=O) groups excluding carboxylic acids is 3. The van der Waals surface area contributed by atoms with Crippen molar-refractivity contribution < 1.29 is 34.1 Å². The number of nitrogens with one attached hydrogen (secondary N) is 2. The molecule has 282 valence electrons. The molecular weight excluding hydrogens is 664 g/mol. The lowest BCUT2D eigenvalue weighted by molar-refractivity contribution is 0.0488. The van der Waals surface area contributed by atoms with Crippen LogP contribution in [0.3, 0.4) is 0 Å². The smallest absolute Gasteiger partial charge is 0.407 e. The van der Waals surface area contributed by atoms with E-state index < -0.39 is 40.6 Å². The van der Waals surface area contributed by atoms with Gasteiger partial charge >= 0.3 is 29.3 Å². The Bertz CT molecular complexity index is 1630. The number of hydrogen-bond donors (Lipinski definition) is 4. The maximum Gasteiger partial charge on any atom is 0.407 e. The minimum atomic E-state index is -1.48. The lowest BCUT2D eigenvalue weighted by Gasteiger charge is -2.15. The number of unbranched alkanes of at least 4 members (excludes halogenated alkanes) is 9. The third-order valence-corrected chi connectivity index (χ3v) is 8.16. The first-order valence-corrected chi connectivity index (χ1v) is 17.6. The number of nitrogens with zero attached hydrogens (tertiary/aromatic N) is 4. The van der Waals surface area contributed by atoms with Crippen LogP contribution in [0.5, 0.6) is 0 Å². The number of hydrogen-bond acceptors (Lipinski definition) is 10. The van der Waals surface area contributed by atoms with Crippen LogP contribution < -0.4 is 27.7 Å². The maximum atomic E-state index is 13.3. The normalized spacial score (nSPS) is 11.1. The molecule has 0 bridgehead atoms. The fourth-order valence-corrected chi connectivity index (χ4v) is 5.30. The number of carboxylic acid groups (broad SMARTS) is 1. The van der Waals surface area contributed by atoms with Crippen LogP contribution in [-0.4, -0.2) is 73.2 Å². The van der Waals surface area contributed by atoms with Crippen LogP contribution in [0.15, 0.2) is 43.6 Å². The van der Waals surface area contributed by atoms with Crippen LogP contribution in [0.25, 0.3) is 0 Å². The van der Waals surface area contributed by atoms with Gasteiger partial charge in [0.1, 0.15) is 12.2 Å². The minimum Gasteiger partial charge on any atom is -0.465 e. The molecule has 2 aromatic rings. The largest absolute Gasteiger partial charge is 0.465 e. The Hall–Kier alpha value is -4.82. The van der Waals surface area contributed by atoms with Gasteiger partial charge in [0.2, 0.25) is 6.08 Å². The molecule has 0 spiro atoms. The summed E-state index contributed by atoms with van der Waals surface area (Å²) in [6.45, 7) is 4.34. The van der Waals surface area contributed by atoms with Crippen molar-refractivity contribution in [3.8, 4) is 0 Å². The second-order valence-corrected chi connectivity index (χ2v) is 12.8. The Morgan fingerprint density at radius 3 is 1.63 bits per heavy atom. The molecule has 0 unspecified atom stereocenters. The molecule has 1 aromatic carbocycles. The SMILES string of the molecule is CC(C)(O)C(=O)c1ccc(COC(=O)NCCCCCCn2c(=O)n(CCCCCCN=C=O)c(=O)n(CCCCCCNC(=O)O)c2=O)cc1. The monoisotopic (exact) mass is 716 g/mol. The van der Waals surface area contributed by atoms with Crippen LogP contribution in [0.1, 0.15) is 107 Å². The number of ketones is 1. The van der Waals surface area contributed by atoms with E-state index >= 15 is 0 Å². The fraction of sp³-hybridized carbons (Fsp3) is 0.629. The zero-order valence-electron chi connectivity index (χ0n) is 29.7. The molecule has 0 fully saturated rings. The number of aliphatic imine (C=N–C) groups is 1. The molecular formula is C35H52N6O10. The average molecular weight is 717 g/mol. The van der Waals surface area contributed by atoms with Crippen molar-refractivity contribution >= 4 is 24.0 Å². The Kier molecular flexibility index (Phi) is 18.9.